The summed E-state index contributed by atoms with van der Waals surface area (Å²) in [7, 11) is 0. The zero-order valence-corrected chi connectivity index (χ0v) is 17.1. The molecule has 8 heteroatoms. The molecule has 1 aliphatic heterocycles. The van der Waals surface area contributed by atoms with Crippen LogP contribution >= 0.6 is 36.2 Å². The van der Waals surface area contributed by atoms with Gasteiger partial charge in [-0.25, -0.2) is 9.37 Å². The first-order chi connectivity index (χ1) is 11.6. The normalized spacial score (nSPS) is 16.5. The summed E-state index contributed by atoms with van der Waals surface area (Å²) in [6, 6.07) is 6.45. The molecule has 1 atom stereocenters. The number of rotatable bonds is 5. The average Bonchev–Trinajstić information content (AvgIpc) is 3.00. The van der Waals surface area contributed by atoms with E-state index in [2.05, 4.69) is 15.7 Å². The molecule has 1 unspecified atom stereocenters. The third-order valence-electron chi connectivity index (χ3n) is 4.29. The molecule has 4 nitrogen and oxygen atoms in total. The van der Waals surface area contributed by atoms with Crippen LogP contribution in [0.5, 0.6) is 0 Å². The van der Waals surface area contributed by atoms with Crippen molar-refractivity contribution >= 4 is 42.1 Å². The van der Waals surface area contributed by atoms with Gasteiger partial charge in [-0.1, -0.05) is 12.1 Å². The molecule has 1 fully saturated rings. The highest BCUT2D eigenvalue weighted by Crippen LogP contribution is 2.24. The Labute approximate surface area is 170 Å². The minimum absolute atomic E-state index is 0. The smallest absolute Gasteiger partial charge is 0.223 e. The molecule has 0 bridgehead atoms. The minimum atomic E-state index is -0.260. The lowest BCUT2D eigenvalue weighted by molar-refractivity contribution is -0.134. The first kappa shape index (κ1) is 22.8. The molecule has 0 radical (unpaired) electrons. The van der Waals surface area contributed by atoms with Crippen molar-refractivity contribution in [2.75, 3.05) is 19.6 Å². The molecule has 144 valence electrons. The molecule has 2 heterocycles. The maximum absolute atomic E-state index is 13.5. The molecule has 3 rings (SSSR count). The summed E-state index contributed by atoms with van der Waals surface area (Å²) in [5.74, 6) is -0.123. The monoisotopic (exact) mass is 419 g/mol. The fourth-order valence-corrected chi connectivity index (χ4v) is 3.75. The van der Waals surface area contributed by atoms with Crippen molar-refractivity contribution < 1.29 is 9.18 Å². The van der Waals surface area contributed by atoms with E-state index in [-0.39, 0.29) is 42.6 Å². The lowest BCUT2D eigenvalue weighted by atomic mass is 10.0. The van der Waals surface area contributed by atoms with Gasteiger partial charge in [0.2, 0.25) is 5.91 Å². The molecule has 1 aromatic heterocycles. The van der Waals surface area contributed by atoms with E-state index < -0.39 is 0 Å². The van der Waals surface area contributed by atoms with Gasteiger partial charge in [-0.05, 0) is 37.5 Å². The van der Waals surface area contributed by atoms with E-state index in [4.69, 9.17) is 0 Å². The van der Waals surface area contributed by atoms with Gasteiger partial charge in [-0.15, -0.1) is 36.2 Å². The summed E-state index contributed by atoms with van der Waals surface area (Å²) in [5, 5.41) is 6.41. The van der Waals surface area contributed by atoms with Gasteiger partial charge in [-0.3, -0.25) is 4.79 Å². The number of carbonyl (C=O) groups is 1. The maximum atomic E-state index is 13.5. The number of nitrogens with one attached hydrogen (secondary N) is 1. The number of amides is 1. The topological polar surface area (TPSA) is 45.2 Å². The fraction of sp³-hybridized carbons (Fsp3) is 0.444. The average molecular weight is 420 g/mol. The predicted molar refractivity (Wildman–Crippen MR) is 108 cm³/mol. The summed E-state index contributed by atoms with van der Waals surface area (Å²) < 4.78 is 13.5. The van der Waals surface area contributed by atoms with Gasteiger partial charge in [0.25, 0.3) is 0 Å². The van der Waals surface area contributed by atoms with Gasteiger partial charge in [0.05, 0.1) is 16.7 Å². The number of carbonyl (C=O) groups excluding carboxylic acids is 1. The number of nitrogens with zero attached hydrogens (tertiary/aromatic N) is 2. The molecule has 1 N–H and O–H groups in total. The number of hydrogen-bond acceptors (Lipinski definition) is 4. The van der Waals surface area contributed by atoms with Gasteiger partial charge in [-0.2, -0.15) is 0 Å². The summed E-state index contributed by atoms with van der Waals surface area (Å²) in [5.41, 5.74) is 1.91. The SMILES string of the molecule is Cc1nc(CCCC(=O)N2CCNCC2c2cccc(F)c2)cs1.Cl.Cl. The number of piperazine rings is 1. The number of thiazole rings is 1. The van der Waals surface area contributed by atoms with Crippen molar-refractivity contribution in [3.05, 3.63) is 51.7 Å². The number of benzene rings is 1. The molecule has 0 aliphatic carbocycles. The Morgan fingerprint density at radius 1 is 1.42 bits per heavy atom. The second kappa shape index (κ2) is 10.8. The Balaban J connectivity index is 0.00000169. The molecule has 1 aliphatic rings. The maximum Gasteiger partial charge on any atom is 0.223 e. The van der Waals surface area contributed by atoms with Crippen LogP contribution in [0.3, 0.4) is 0 Å². The van der Waals surface area contributed by atoms with E-state index >= 15 is 0 Å². The zero-order chi connectivity index (χ0) is 16.9. The molecule has 1 aromatic carbocycles. The molecule has 0 spiro atoms. The molecule has 1 amide bonds. The van der Waals surface area contributed by atoms with Crippen LogP contribution in [-0.2, 0) is 11.2 Å². The van der Waals surface area contributed by atoms with Crippen molar-refractivity contribution in [2.24, 2.45) is 0 Å². The lowest BCUT2D eigenvalue weighted by Gasteiger charge is -2.36. The highest BCUT2D eigenvalue weighted by atomic mass is 35.5. The molecule has 26 heavy (non-hydrogen) atoms. The van der Waals surface area contributed by atoms with Crippen molar-refractivity contribution in [3.8, 4) is 0 Å². The van der Waals surface area contributed by atoms with E-state index in [9.17, 15) is 9.18 Å². The summed E-state index contributed by atoms with van der Waals surface area (Å²) in [6.07, 6.45) is 2.12. The number of hydrogen-bond donors (Lipinski definition) is 1. The quantitative estimate of drug-likeness (QED) is 0.798. The van der Waals surface area contributed by atoms with E-state index in [1.165, 1.54) is 12.1 Å². The van der Waals surface area contributed by atoms with Gasteiger partial charge >= 0.3 is 0 Å². The molecule has 2 aromatic rings. The molecule has 0 saturated carbocycles. The van der Waals surface area contributed by atoms with Crippen LogP contribution in [0, 0.1) is 12.7 Å². The van der Waals surface area contributed by atoms with Crippen LogP contribution in [0.25, 0.3) is 0 Å². The van der Waals surface area contributed by atoms with Crippen molar-refractivity contribution in [1.82, 2.24) is 15.2 Å². The highest BCUT2D eigenvalue weighted by Gasteiger charge is 2.27. The van der Waals surface area contributed by atoms with Crippen LogP contribution in [0.1, 0.15) is 35.1 Å². The lowest BCUT2D eigenvalue weighted by Crippen LogP contribution is -2.48. The first-order valence-corrected chi connectivity index (χ1v) is 9.18. The standard InChI is InChI=1S/C18H22FN3OS.2ClH/c1-13-21-16(12-24-13)6-3-7-18(23)22-9-8-20-11-17(22)14-4-2-5-15(19)10-14;;/h2,4-5,10,12,17,20H,3,6-9,11H2,1H3;2*1H. The largest absolute Gasteiger partial charge is 0.333 e. The molecule has 1 saturated heterocycles. The third-order valence-corrected chi connectivity index (χ3v) is 5.11. The third kappa shape index (κ3) is 5.91. The van der Waals surface area contributed by atoms with Gasteiger partial charge in [0.15, 0.2) is 0 Å². The van der Waals surface area contributed by atoms with E-state index in [1.807, 2.05) is 17.9 Å². The van der Waals surface area contributed by atoms with Crippen molar-refractivity contribution in [1.29, 1.82) is 0 Å². The van der Waals surface area contributed by atoms with Gasteiger partial charge in [0.1, 0.15) is 5.82 Å². The van der Waals surface area contributed by atoms with Crippen LogP contribution in [0.15, 0.2) is 29.6 Å². The van der Waals surface area contributed by atoms with Gasteiger partial charge < -0.3 is 10.2 Å². The molecular formula is C18H24Cl2FN3OS. The summed E-state index contributed by atoms with van der Waals surface area (Å²) in [4.78, 5) is 19.0. The van der Waals surface area contributed by atoms with Crippen molar-refractivity contribution in [3.63, 3.8) is 0 Å². The van der Waals surface area contributed by atoms with Crippen LogP contribution in [0.4, 0.5) is 4.39 Å². The van der Waals surface area contributed by atoms with Gasteiger partial charge in [0, 0.05) is 31.4 Å². The Kier molecular flexibility index (Phi) is 9.50. The Bertz CT molecular complexity index is 713. The van der Waals surface area contributed by atoms with Crippen LogP contribution in [0.2, 0.25) is 0 Å². The van der Waals surface area contributed by atoms with E-state index in [1.54, 1.807) is 17.4 Å². The Hall–Kier alpha value is -1.21. The highest BCUT2D eigenvalue weighted by molar-refractivity contribution is 7.09. The van der Waals surface area contributed by atoms with E-state index in [0.29, 0.717) is 19.5 Å². The first-order valence-electron chi connectivity index (χ1n) is 8.30. The molecular weight excluding hydrogens is 396 g/mol. The summed E-state index contributed by atoms with van der Waals surface area (Å²) in [6.45, 7) is 4.10. The number of aryl methyl sites for hydroxylation is 2. The van der Waals surface area contributed by atoms with Crippen LogP contribution < -0.4 is 5.32 Å². The Morgan fingerprint density at radius 3 is 2.92 bits per heavy atom. The second-order valence-electron chi connectivity index (χ2n) is 6.07. The number of halogens is 3. The predicted octanol–water partition coefficient (Wildman–Crippen LogP) is 3.93. The summed E-state index contributed by atoms with van der Waals surface area (Å²) >= 11 is 1.64. The minimum Gasteiger partial charge on any atom is -0.333 e. The zero-order valence-electron chi connectivity index (χ0n) is 14.6. The second-order valence-corrected chi connectivity index (χ2v) is 7.14. The number of aromatic nitrogens is 1. The fourth-order valence-electron chi connectivity index (χ4n) is 3.10. The Morgan fingerprint density at radius 2 is 2.23 bits per heavy atom. The van der Waals surface area contributed by atoms with Crippen molar-refractivity contribution in [2.45, 2.75) is 32.2 Å². The van der Waals surface area contributed by atoms with Crippen LogP contribution in [-0.4, -0.2) is 35.4 Å². The van der Waals surface area contributed by atoms with E-state index in [0.717, 1.165) is 35.7 Å².